The van der Waals surface area contributed by atoms with Crippen molar-refractivity contribution < 1.29 is 22.3 Å². The van der Waals surface area contributed by atoms with Crippen LogP contribution >= 0.6 is 0 Å². The summed E-state index contributed by atoms with van der Waals surface area (Å²) in [5.41, 5.74) is 0.776. The van der Waals surface area contributed by atoms with Crippen LogP contribution in [0.3, 0.4) is 0 Å². The molecule has 1 N–H and O–H groups in total. The van der Waals surface area contributed by atoms with Crippen molar-refractivity contribution in [2.75, 3.05) is 14.2 Å². The second-order valence-electron chi connectivity index (χ2n) is 6.09. The van der Waals surface area contributed by atoms with Crippen molar-refractivity contribution in [3.8, 4) is 11.5 Å². The lowest BCUT2D eigenvalue weighted by molar-refractivity contribution is 0.350. The monoisotopic (exact) mass is 389 g/mol. The molecule has 3 aromatic carbocycles. The van der Waals surface area contributed by atoms with Crippen molar-refractivity contribution >= 4 is 20.8 Å². The number of sulfonamides is 1. The molecule has 1 atom stereocenters. The highest BCUT2D eigenvalue weighted by Crippen LogP contribution is 2.32. The molecular formula is C20H20FNO4S. The molecule has 3 rings (SSSR count). The second kappa shape index (κ2) is 7.54. The van der Waals surface area contributed by atoms with Crippen LogP contribution in [0.1, 0.15) is 18.5 Å². The fraction of sp³-hybridized carbons (Fsp3) is 0.200. The first-order chi connectivity index (χ1) is 12.9. The summed E-state index contributed by atoms with van der Waals surface area (Å²) in [6, 6.07) is 15.0. The van der Waals surface area contributed by atoms with Crippen LogP contribution in [0, 0.1) is 5.82 Å². The molecule has 27 heavy (non-hydrogen) atoms. The number of hydrogen-bond donors (Lipinski definition) is 1. The van der Waals surface area contributed by atoms with Gasteiger partial charge in [-0.05, 0) is 29.3 Å². The molecule has 1 unspecified atom stereocenters. The van der Waals surface area contributed by atoms with Crippen LogP contribution in [0.25, 0.3) is 10.8 Å². The van der Waals surface area contributed by atoms with Gasteiger partial charge in [0.05, 0.1) is 14.2 Å². The highest BCUT2D eigenvalue weighted by Gasteiger charge is 2.25. The van der Waals surface area contributed by atoms with Gasteiger partial charge in [-0.3, -0.25) is 0 Å². The zero-order chi connectivity index (χ0) is 19.6. The average molecular weight is 389 g/mol. The van der Waals surface area contributed by atoms with E-state index in [1.807, 2.05) is 42.5 Å². The lowest BCUT2D eigenvalue weighted by Crippen LogP contribution is -2.27. The molecule has 142 valence electrons. The topological polar surface area (TPSA) is 64.6 Å². The van der Waals surface area contributed by atoms with Crippen molar-refractivity contribution in [1.82, 2.24) is 4.72 Å². The van der Waals surface area contributed by atoms with Gasteiger partial charge in [0.1, 0.15) is 10.7 Å². The van der Waals surface area contributed by atoms with E-state index in [0.29, 0.717) is 0 Å². The molecule has 0 radical (unpaired) electrons. The van der Waals surface area contributed by atoms with E-state index in [4.69, 9.17) is 9.47 Å². The summed E-state index contributed by atoms with van der Waals surface area (Å²) in [4.78, 5) is -0.493. The lowest BCUT2D eigenvalue weighted by Gasteiger charge is -2.17. The maximum atomic E-state index is 14.4. The van der Waals surface area contributed by atoms with E-state index in [9.17, 15) is 12.8 Å². The van der Waals surface area contributed by atoms with E-state index in [0.717, 1.165) is 28.5 Å². The van der Waals surface area contributed by atoms with Gasteiger partial charge in [-0.1, -0.05) is 36.4 Å². The van der Waals surface area contributed by atoms with E-state index in [1.54, 1.807) is 6.92 Å². The van der Waals surface area contributed by atoms with Crippen molar-refractivity contribution in [2.45, 2.75) is 17.9 Å². The summed E-state index contributed by atoms with van der Waals surface area (Å²) in [7, 11) is -1.40. The van der Waals surface area contributed by atoms with E-state index in [2.05, 4.69) is 4.72 Å². The van der Waals surface area contributed by atoms with Crippen LogP contribution in [-0.2, 0) is 10.0 Å². The number of benzene rings is 3. The SMILES string of the molecule is COc1cc(F)c(S(=O)(=O)NC(C)c2ccc3ccccc3c2)cc1OC. The minimum absolute atomic E-state index is 0.122. The molecule has 0 aliphatic rings. The summed E-state index contributed by atoms with van der Waals surface area (Å²) in [6.07, 6.45) is 0. The maximum Gasteiger partial charge on any atom is 0.244 e. The van der Waals surface area contributed by atoms with Crippen molar-refractivity contribution in [3.05, 3.63) is 66.0 Å². The molecule has 0 heterocycles. The minimum atomic E-state index is -4.11. The summed E-state index contributed by atoms with van der Waals surface area (Å²) < 4.78 is 52.4. The van der Waals surface area contributed by atoms with Crippen molar-refractivity contribution in [3.63, 3.8) is 0 Å². The molecule has 0 spiro atoms. The van der Waals surface area contributed by atoms with Crippen LogP contribution in [0.4, 0.5) is 4.39 Å². The van der Waals surface area contributed by atoms with E-state index < -0.39 is 26.8 Å². The van der Waals surface area contributed by atoms with Crippen LogP contribution in [-0.4, -0.2) is 22.6 Å². The Hall–Kier alpha value is -2.64. The molecule has 0 aliphatic carbocycles. The zero-order valence-electron chi connectivity index (χ0n) is 15.2. The molecule has 0 bridgehead atoms. The third-order valence-electron chi connectivity index (χ3n) is 4.33. The Morgan fingerprint density at radius 2 is 1.56 bits per heavy atom. The minimum Gasteiger partial charge on any atom is -0.493 e. The molecule has 3 aromatic rings. The number of nitrogens with one attached hydrogen (secondary N) is 1. The third kappa shape index (κ3) is 3.89. The highest BCUT2D eigenvalue weighted by molar-refractivity contribution is 7.89. The van der Waals surface area contributed by atoms with Gasteiger partial charge in [0, 0.05) is 18.2 Å². The Kier molecular flexibility index (Phi) is 5.34. The average Bonchev–Trinajstić information content (AvgIpc) is 2.66. The summed E-state index contributed by atoms with van der Waals surface area (Å²) >= 11 is 0. The Bertz CT molecular complexity index is 1080. The first-order valence-corrected chi connectivity index (χ1v) is 9.76. The molecule has 0 aliphatic heterocycles. The second-order valence-corrected chi connectivity index (χ2v) is 7.77. The standard InChI is InChI=1S/C20H20FNO4S/c1-13(15-9-8-14-6-4-5-7-16(14)10-15)22-27(23,24)20-12-19(26-3)18(25-2)11-17(20)21/h4-13,22H,1-3H3. The fourth-order valence-corrected chi connectivity index (χ4v) is 4.19. The van der Waals surface area contributed by atoms with Gasteiger partial charge in [-0.15, -0.1) is 0 Å². The Morgan fingerprint density at radius 1 is 0.926 bits per heavy atom. The number of rotatable bonds is 6. The summed E-state index contributed by atoms with van der Waals surface area (Å²) in [6.45, 7) is 1.71. The highest BCUT2D eigenvalue weighted by atomic mass is 32.2. The smallest absolute Gasteiger partial charge is 0.244 e. The van der Waals surface area contributed by atoms with Crippen molar-refractivity contribution in [2.24, 2.45) is 0 Å². The van der Waals surface area contributed by atoms with Gasteiger partial charge in [-0.2, -0.15) is 0 Å². The van der Waals surface area contributed by atoms with Gasteiger partial charge in [0.2, 0.25) is 10.0 Å². The number of ether oxygens (including phenoxy) is 2. The van der Waals surface area contributed by atoms with Gasteiger partial charge in [0.25, 0.3) is 0 Å². The van der Waals surface area contributed by atoms with Gasteiger partial charge >= 0.3 is 0 Å². The molecule has 5 nitrogen and oxygen atoms in total. The predicted octanol–water partition coefficient (Wildman–Crippen LogP) is 4.04. The number of fused-ring (bicyclic) bond motifs is 1. The van der Waals surface area contributed by atoms with Gasteiger partial charge in [0.15, 0.2) is 11.5 Å². The van der Waals surface area contributed by atoms with Gasteiger partial charge < -0.3 is 9.47 Å². The molecule has 0 amide bonds. The number of halogens is 1. The molecule has 0 fully saturated rings. The fourth-order valence-electron chi connectivity index (χ4n) is 2.88. The quantitative estimate of drug-likeness (QED) is 0.691. The van der Waals surface area contributed by atoms with Crippen LogP contribution < -0.4 is 14.2 Å². The summed E-state index contributed by atoms with van der Waals surface area (Å²) in [5.74, 6) is -0.653. The van der Waals surface area contributed by atoms with Crippen LogP contribution in [0.15, 0.2) is 59.5 Å². The number of hydrogen-bond acceptors (Lipinski definition) is 4. The largest absolute Gasteiger partial charge is 0.493 e. The summed E-state index contributed by atoms with van der Waals surface area (Å²) in [5, 5.41) is 2.06. The van der Waals surface area contributed by atoms with Gasteiger partial charge in [-0.25, -0.2) is 17.5 Å². The molecule has 0 saturated carbocycles. The first-order valence-electron chi connectivity index (χ1n) is 8.28. The van der Waals surface area contributed by atoms with E-state index >= 15 is 0 Å². The maximum absolute atomic E-state index is 14.4. The normalized spacial score (nSPS) is 12.7. The van der Waals surface area contributed by atoms with E-state index in [-0.39, 0.29) is 11.5 Å². The Labute approximate surface area is 157 Å². The van der Waals surface area contributed by atoms with Crippen molar-refractivity contribution in [1.29, 1.82) is 0 Å². The molecule has 0 aromatic heterocycles. The lowest BCUT2D eigenvalue weighted by atomic mass is 10.0. The Balaban J connectivity index is 1.93. The molecular weight excluding hydrogens is 369 g/mol. The molecule has 0 saturated heterocycles. The predicted molar refractivity (Wildman–Crippen MR) is 102 cm³/mol. The Morgan fingerprint density at radius 3 is 2.22 bits per heavy atom. The number of methoxy groups -OCH3 is 2. The van der Waals surface area contributed by atoms with Crippen LogP contribution in [0.2, 0.25) is 0 Å². The van der Waals surface area contributed by atoms with E-state index in [1.165, 1.54) is 14.2 Å². The molecule has 7 heteroatoms. The zero-order valence-corrected chi connectivity index (χ0v) is 16.0. The third-order valence-corrected chi connectivity index (χ3v) is 5.89. The van der Waals surface area contributed by atoms with Crippen LogP contribution in [0.5, 0.6) is 11.5 Å². The first kappa shape index (κ1) is 19.1.